The fourth-order valence-corrected chi connectivity index (χ4v) is 2.87. The fraction of sp³-hybridized carbons (Fsp3) is 0.571. The number of hydrogen-bond donors (Lipinski definition) is 1. The molecule has 0 atom stereocenters. The van der Waals surface area contributed by atoms with Crippen LogP contribution in [-0.2, 0) is 6.54 Å². The summed E-state index contributed by atoms with van der Waals surface area (Å²) < 4.78 is 2.90. The van der Waals surface area contributed by atoms with Crippen LogP contribution in [0.3, 0.4) is 0 Å². The average molecular weight is 340 g/mol. The molecule has 0 fully saturated rings. The second-order valence-corrected chi connectivity index (χ2v) is 6.46. The maximum absolute atomic E-state index is 6.02. The van der Waals surface area contributed by atoms with Gasteiger partial charge in [0.05, 0.1) is 0 Å². The molecule has 2 aromatic rings. The number of nitrogen functional groups attached to an aromatic ring is 1. The summed E-state index contributed by atoms with van der Waals surface area (Å²) in [6.45, 7) is 10.6. The van der Waals surface area contributed by atoms with Gasteiger partial charge >= 0.3 is 0 Å². The summed E-state index contributed by atoms with van der Waals surface area (Å²) in [5.74, 6) is 0.526. The van der Waals surface area contributed by atoms with Crippen LogP contribution in [0.15, 0.2) is 16.7 Å². The van der Waals surface area contributed by atoms with Gasteiger partial charge in [0.2, 0.25) is 5.95 Å². The zero-order valence-electron chi connectivity index (χ0n) is 12.5. The second kappa shape index (κ2) is 6.10. The van der Waals surface area contributed by atoms with Gasteiger partial charge in [-0.2, -0.15) is 0 Å². The van der Waals surface area contributed by atoms with Crippen LogP contribution in [0.1, 0.15) is 27.7 Å². The van der Waals surface area contributed by atoms with Crippen LogP contribution in [0, 0.1) is 0 Å². The van der Waals surface area contributed by atoms with Gasteiger partial charge in [-0.05, 0) is 49.7 Å². The second-order valence-electron chi connectivity index (χ2n) is 5.54. The molecule has 2 rings (SSSR count). The summed E-state index contributed by atoms with van der Waals surface area (Å²) >= 11 is 3.41. The summed E-state index contributed by atoms with van der Waals surface area (Å²) in [7, 11) is 0. The first-order chi connectivity index (χ1) is 9.40. The molecule has 0 aliphatic carbocycles. The molecular formula is C14H22BrN5. The maximum atomic E-state index is 6.02. The summed E-state index contributed by atoms with van der Waals surface area (Å²) in [5.41, 5.74) is 7.70. The molecule has 20 heavy (non-hydrogen) atoms. The molecule has 0 aromatic carbocycles. The van der Waals surface area contributed by atoms with Crippen molar-refractivity contribution in [1.29, 1.82) is 0 Å². The Kier molecular flexibility index (Phi) is 4.65. The number of halogens is 1. The normalized spacial score (nSPS) is 12.2. The summed E-state index contributed by atoms with van der Waals surface area (Å²) in [5, 5.41) is 0. The van der Waals surface area contributed by atoms with Crippen LogP contribution in [0.25, 0.3) is 11.2 Å². The van der Waals surface area contributed by atoms with Crippen molar-refractivity contribution in [1.82, 2.24) is 19.4 Å². The van der Waals surface area contributed by atoms with E-state index in [1.807, 2.05) is 10.6 Å². The standard InChI is InChI=1S/C14H22BrN5/c1-9(2)19(10(3)4)5-6-20-13-12(18-14(20)16)7-11(15)8-17-13/h7-10H,5-6H2,1-4H3,(H2,16,18). The van der Waals surface area contributed by atoms with E-state index in [1.165, 1.54) is 0 Å². The molecule has 2 heterocycles. The summed E-state index contributed by atoms with van der Waals surface area (Å²) in [4.78, 5) is 11.2. The van der Waals surface area contributed by atoms with Gasteiger partial charge in [-0.3, -0.25) is 9.47 Å². The Bertz CT molecular complexity index is 583. The lowest BCUT2D eigenvalue weighted by molar-refractivity contribution is 0.169. The number of hydrogen-bond acceptors (Lipinski definition) is 4. The molecule has 0 amide bonds. The van der Waals surface area contributed by atoms with E-state index in [1.54, 1.807) is 6.20 Å². The van der Waals surface area contributed by atoms with Crippen molar-refractivity contribution in [3.05, 3.63) is 16.7 Å². The molecule has 0 saturated carbocycles. The number of aromatic nitrogens is 3. The number of nitrogens with two attached hydrogens (primary N) is 1. The largest absolute Gasteiger partial charge is 0.369 e. The molecule has 0 unspecified atom stereocenters. The topological polar surface area (TPSA) is 60.0 Å². The van der Waals surface area contributed by atoms with Gasteiger partial charge in [0.25, 0.3) is 0 Å². The molecule has 0 saturated heterocycles. The molecule has 0 spiro atoms. The zero-order chi connectivity index (χ0) is 14.9. The summed E-state index contributed by atoms with van der Waals surface area (Å²) in [6.07, 6.45) is 1.78. The highest BCUT2D eigenvalue weighted by Gasteiger charge is 2.15. The molecule has 110 valence electrons. The quantitative estimate of drug-likeness (QED) is 0.909. The van der Waals surface area contributed by atoms with Crippen molar-refractivity contribution >= 4 is 33.0 Å². The van der Waals surface area contributed by atoms with Crippen molar-refractivity contribution in [3.8, 4) is 0 Å². The highest BCUT2D eigenvalue weighted by atomic mass is 79.9. The molecule has 0 bridgehead atoms. The SMILES string of the molecule is CC(C)N(CCn1c(N)nc2cc(Br)cnc21)C(C)C. The van der Waals surface area contributed by atoms with Crippen molar-refractivity contribution in [2.45, 2.75) is 46.3 Å². The van der Waals surface area contributed by atoms with Gasteiger partial charge in [-0.1, -0.05) is 0 Å². The van der Waals surface area contributed by atoms with E-state index in [2.05, 4.69) is 58.5 Å². The molecule has 0 radical (unpaired) electrons. The first kappa shape index (κ1) is 15.3. The maximum Gasteiger partial charge on any atom is 0.202 e. The molecule has 5 nitrogen and oxygen atoms in total. The molecule has 6 heteroatoms. The van der Waals surface area contributed by atoms with Crippen LogP contribution in [0.2, 0.25) is 0 Å². The monoisotopic (exact) mass is 339 g/mol. The number of imidazole rings is 1. The van der Waals surface area contributed by atoms with Gasteiger partial charge in [0.15, 0.2) is 5.65 Å². The lowest BCUT2D eigenvalue weighted by Crippen LogP contribution is -2.39. The Labute approximate surface area is 128 Å². The minimum Gasteiger partial charge on any atom is -0.369 e. The van der Waals surface area contributed by atoms with Crippen LogP contribution in [0.4, 0.5) is 5.95 Å². The molecular weight excluding hydrogens is 318 g/mol. The first-order valence-electron chi connectivity index (χ1n) is 6.93. The van der Waals surface area contributed by atoms with Crippen molar-refractivity contribution in [2.75, 3.05) is 12.3 Å². The van der Waals surface area contributed by atoms with E-state index >= 15 is 0 Å². The van der Waals surface area contributed by atoms with Crippen LogP contribution >= 0.6 is 15.9 Å². The minimum atomic E-state index is 0.508. The molecule has 2 aromatic heterocycles. The Balaban J connectivity index is 2.23. The average Bonchev–Trinajstić information content (AvgIpc) is 2.64. The van der Waals surface area contributed by atoms with E-state index in [0.717, 1.165) is 28.7 Å². The van der Waals surface area contributed by atoms with Gasteiger partial charge < -0.3 is 5.73 Å². The Morgan fingerprint density at radius 2 is 1.95 bits per heavy atom. The minimum absolute atomic E-state index is 0.508. The Morgan fingerprint density at radius 3 is 2.55 bits per heavy atom. The number of rotatable bonds is 5. The van der Waals surface area contributed by atoms with Gasteiger partial charge in [-0.15, -0.1) is 0 Å². The third-order valence-electron chi connectivity index (χ3n) is 3.49. The van der Waals surface area contributed by atoms with Crippen molar-refractivity contribution in [2.24, 2.45) is 0 Å². The van der Waals surface area contributed by atoms with Crippen molar-refractivity contribution in [3.63, 3.8) is 0 Å². The van der Waals surface area contributed by atoms with E-state index in [4.69, 9.17) is 5.73 Å². The predicted molar refractivity (Wildman–Crippen MR) is 86.6 cm³/mol. The third-order valence-corrected chi connectivity index (χ3v) is 3.92. The van der Waals surface area contributed by atoms with E-state index in [-0.39, 0.29) is 0 Å². The van der Waals surface area contributed by atoms with Gasteiger partial charge in [0, 0.05) is 35.8 Å². The Hall–Kier alpha value is -1.14. The summed E-state index contributed by atoms with van der Waals surface area (Å²) in [6, 6.07) is 2.96. The highest BCUT2D eigenvalue weighted by Crippen LogP contribution is 2.19. The lowest BCUT2D eigenvalue weighted by atomic mass is 10.2. The van der Waals surface area contributed by atoms with Gasteiger partial charge in [0.1, 0.15) is 5.52 Å². The predicted octanol–water partition coefficient (Wildman–Crippen LogP) is 2.89. The van der Waals surface area contributed by atoms with Crippen LogP contribution < -0.4 is 5.73 Å². The smallest absolute Gasteiger partial charge is 0.202 e. The first-order valence-corrected chi connectivity index (χ1v) is 7.72. The van der Waals surface area contributed by atoms with Crippen LogP contribution in [0.5, 0.6) is 0 Å². The molecule has 0 aliphatic heterocycles. The Morgan fingerprint density at radius 1 is 1.30 bits per heavy atom. The number of nitrogens with zero attached hydrogens (tertiary/aromatic N) is 4. The molecule has 0 aliphatic rings. The van der Waals surface area contributed by atoms with Crippen molar-refractivity contribution < 1.29 is 0 Å². The number of anilines is 1. The van der Waals surface area contributed by atoms with Crippen LogP contribution in [-0.4, -0.2) is 38.1 Å². The lowest BCUT2D eigenvalue weighted by Gasteiger charge is -2.30. The van der Waals surface area contributed by atoms with E-state index in [0.29, 0.717) is 18.0 Å². The number of fused-ring (bicyclic) bond motifs is 1. The molecule has 2 N–H and O–H groups in total. The highest BCUT2D eigenvalue weighted by molar-refractivity contribution is 9.10. The zero-order valence-corrected chi connectivity index (χ0v) is 14.1. The van der Waals surface area contributed by atoms with E-state index < -0.39 is 0 Å². The fourth-order valence-electron chi connectivity index (χ4n) is 2.55. The van der Waals surface area contributed by atoms with E-state index in [9.17, 15) is 0 Å². The van der Waals surface area contributed by atoms with Gasteiger partial charge in [-0.25, -0.2) is 9.97 Å². The third kappa shape index (κ3) is 3.12. The number of pyridine rings is 1.